The van der Waals surface area contributed by atoms with Crippen molar-refractivity contribution >= 4 is 38.8 Å². The van der Waals surface area contributed by atoms with E-state index in [2.05, 4.69) is 21.2 Å². The van der Waals surface area contributed by atoms with Crippen LogP contribution in [0.5, 0.6) is 0 Å². The van der Waals surface area contributed by atoms with E-state index < -0.39 is 0 Å². The summed E-state index contributed by atoms with van der Waals surface area (Å²) in [7, 11) is 0. The monoisotopic (exact) mass is 243 g/mol. The van der Waals surface area contributed by atoms with Crippen molar-refractivity contribution in [1.29, 1.82) is 0 Å². The highest BCUT2D eigenvalue weighted by molar-refractivity contribution is 9.10. The lowest BCUT2D eigenvalue weighted by molar-refractivity contribution is 1.31. The van der Waals surface area contributed by atoms with Gasteiger partial charge in [-0.2, -0.15) is 0 Å². The maximum Gasteiger partial charge on any atom is 0.0794 e. The van der Waals surface area contributed by atoms with Crippen molar-refractivity contribution < 1.29 is 0 Å². The molecule has 1 rings (SSSR count). The Labute approximate surface area is 86.3 Å². The molecule has 3 heteroatoms. The lowest BCUT2D eigenvalue weighted by Gasteiger charge is -2.05. The molecule has 0 radical (unpaired) electrons. The zero-order valence-corrected chi connectivity index (χ0v) is 9.21. The molecule has 0 aliphatic carbocycles. The Morgan fingerprint density at radius 3 is 2.92 bits per heavy atom. The summed E-state index contributed by atoms with van der Waals surface area (Å²) in [5.74, 6) is 0. The highest BCUT2D eigenvalue weighted by Crippen LogP contribution is 2.15. The van der Waals surface area contributed by atoms with Crippen LogP contribution in [0.4, 0.5) is 5.69 Å². The summed E-state index contributed by atoms with van der Waals surface area (Å²) < 4.78 is 1.06. The molecule has 0 amide bonds. The Balaban J connectivity index is 2.69. The average molecular weight is 244 g/mol. The van der Waals surface area contributed by atoms with Crippen LogP contribution in [0.15, 0.2) is 28.7 Å². The number of thiocarbonyl (C=S) groups is 1. The van der Waals surface area contributed by atoms with Crippen molar-refractivity contribution in [3.05, 3.63) is 28.7 Å². The minimum absolute atomic E-state index is 0.869. The summed E-state index contributed by atoms with van der Waals surface area (Å²) in [4.78, 5) is 0.869. The van der Waals surface area contributed by atoms with Crippen molar-refractivity contribution in [2.24, 2.45) is 0 Å². The highest BCUT2D eigenvalue weighted by atomic mass is 79.9. The van der Waals surface area contributed by atoms with Gasteiger partial charge in [-0.25, -0.2) is 0 Å². The Bertz CT molecular complexity index is 286. The topological polar surface area (TPSA) is 12.0 Å². The lowest BCUT2D eigenvalue weighted by atomic mass is 10.3. The van der Waals surface area contributed by atoms with Crippen LogP contribution in [-0.4, -0.2) is 4.99 Å². The quantitative estimate of drug-likeness (QED) is 0.798. The van der Waals surface area contributed by atoms with Gasteiger partial charge in [0.1, 0.15) is 0 Å². The molecule has 12 heavy (non-hydrogen) atoms. The first kappa shape index (κ1) is 9.68. The van der Waals surface area contributed by atoms with Gasteiger partial charge in [-0.05, 0) is 24.6 Å². The van der Waals surface area contributed by atoms with Gasteiger partial charge in [-0.1, -0.05) is 41.1 Å². The van der Waals surface area contributed by atoms with E-state index in [0.717, 1.165) is 21.6 Å². The molecule has 0 spiro atoms. The molecule has 0 fully saturated rings. The Hall–Kier alpha value is -0.410. The van der Waals surface area contributed by atoms with Gasteiger partial charge in [0.25, 0.3) is 0 Å². The number of anilines is 1. The molecule has 1 aromatic carbocycles. The summed E-state index contributed by atoms with van der Waals surface area (Å²) in [6, 6.07) is 7.96. The molecule has 0 unspecified atom stereocenters. The molecule has 0 heterocycles. The molecular weight excluding hydrogens is 234 g/mol. The lowest BCUT2D eigenvalue weighted by Crippen LogP contribution is -2.06. The van der Waals surface area contributed by atoms with Crippen LogP contribution >= 0.6 is 28.1 Å². The smallest absolute Gasteiger partial charge is 0.0794 e. The number of halogens is 1. The van der Waals surface area contributed by atoms with Gasteiger partial charge in [-0.15, -0.1) is 0 Å². The molecule has 0 aliphatic rings. The van der Waals surface area contributed by atoms with Gasteiger partial charge >= 0.3 is 0 Å². The Morgan fingerprint density at radius 2 is 2.33 bits per heavy atom. The van der Waals surface area contributed by atoms with Gasteiger partial charge in [0.2, 0.25) is 0 Å². The van der Waals surface area contributed by atoms with E-state index in [1.54, 1.807) is 0 Å². The zero-order chi connectivity index (χ0) is 8.97. The van der Waals surface area contributed by atoms with Crippen LogP contribution in [0, 0.1) is 0 Å². The molecule has 0 atom stereocenters. The van der Waals surface area contributed by atoms with E-state index in [0.29, 0.717) is 0 Å². The largest absolute Gasteiger partial charge is 0.350 e. The van der Waals surface area contributed by atoms with Crippen molar-refractivity contribution in [2.45, 2.75) is 13.3 Å². The Kier molecular flexibility index (Phi) is 3.69. The fourth-order valence-corrected chi connectivity index (χ4v) is 1.33. The molecule has 0 aromatic heterocycles. The summed E-state index contributed by atoms with van der Waals surface area (Å²) in [6.45, 7) is 2.04. The second kappa shape index (κ2) is 4.58. The summed E-state index contributed by atoms with van der Waals surface area (Å²) in [6.07, 6.45) is 0.877. The highest BCUT2D eigenvalue weighted by Gasteiger charge is 1.94. The van der Waals surface area contributed by atoms with Gasteiger partial charge < -0.3 is 5.32 Å². The fraction of sp³-hybridized carbons (Fsp3) is 0.222. The Morgan fingerprint density at radius 1 is 1.58 bits per heavy atom. The normalized spacial score (nSPS) is 9.50. The van der Waals surface area contributed by atoms with Crippen LogP contribution in [0.25, 0.3) is 0 Å². The van der Waals surface area contributed by atoms with Gasteiger partial charge in [-0.3, -0.25) is 0 Å². The molecule has 0 saturated carbocycles. The van der Waals surface area contributed by atoms with E-state index in [1.165, 1.54) is 0 Å². The minimum Gasteiger partial charge on any atom is -0.350 e. The van der Waals surface area contributed by atoms with Gasteiger partial charge in [0.15, 0.2) is 0 Å². The van der Waals surface area contributed by atoms with Gasteiger partial charge in [0.05, 0.1) is 4.99 Å². The van der Waals surface area contributed by atoms with Crippen molar-refractivity contribution in [2.75, 3.05) is 5.32 Å². The van der Waals surface area contributed by atoms with Crippen LogP contribution in [0.1, 0.15) is 13.3 Å². The minimum atomic E-state index is 0.869. The van der Waals surface area contributed by atoms with Crippen LogP contribution in [0.2, 0.25) is 0 Å². The first-order chi connectivity index (χ1) is 5.72. The van der Waals surface area contributed by atoms with E-state index in [4.69, 9.17) is 12.2 Å². The number of hydrogen-bond acceptors (Lipinski definition) is 1. The predicted molar refractivity (Wildman–Crippen MR) is 60.7 cm³/mol. The number of rotatable bonds is 2. The molecular formula is C9H10BrNS. The fourth-order valence-electron chi connectivity index (χ4n) is 0.816. The van der Waals surface area contributed by atoms with E-state index in [-0.39, 0.29) is 0 Å². The van der Waals surface area contributed by atoms with E-state index in [9.17, 15) is 0 Å². The third-order valence-corrected chi connectivity index (χ3v) is 2.31. The zero-order valence-electron chi connectivity index (χ0n) is 6.80. The van der Waals surface area contributed by atoms with Crippen molar-refractivity contribution in [3.63, 3.8) is 0 Å². The molecule has 1 nitrogen and oxygen atoms in total. The number of benzene rings is 1. The predicted octanol–water partition coefficient (Wildman–Crippen LogP) is 3.60. The maximum atomic E-state index is 5.05. The number of nitrogens with one attached hydrogen (secondary N) is 1. The molecule has 0 bridgehead atoms. The SMILES string of the molecule is CCC(=S)Nc1cccc(Br)c1. The van der Waals surface area contributed by atoms with Crippen LogP contribution in [-0.2, 0) is 0 Å². The number of hydrogen-bond donors (Lipinski definition) is 1. The molecule has 64 valence electrons. The molecule has 1 aromatic rings. The molecule has 0 aliphatic heterocycles. The van der Waals surface area contributed by atoms with E-state index >= 15 is 0 Å². The van der Waals surface area contributed by atoms with Crippen LogP contribution in [0.3, 0.4) is 0 Å². The standard InChI is InChI=1S/C9H10BrNS/c1-2-9(12)11-8-5-3-4-7(10)6-8/h3-6H,2H2,1H3,(H,11,12). The molecule has 1 N–H and O–H groups in total. The third kappa shape index (κ3) is 2.91. The maximum absolute atomic E-state index is 5.05. The van der Waals surface area contributed by atoms with Crippen molar-refractivity contribution in [1.82, 2.24) is 0 Å². The second-order valence-corrected chi connectivity index (χ2v) is 3.82. The van der Waals surface area contributed by atoms with Crippen LogP contribution < -0.4 is 5.32 Å². The summed E-state index contributed by atoms with van der Waals surface area (Å²) in [5, 5.41) is 3.13. The van der Waals surface area contributed by atoms with Crippen molar-refractivity contribution in [3.8, 4) is 0 Å². The van der Waals surface area contributed by atoms with Gasteiger partial charge in [0, 0.05) is 10.2 Å². The first-order valence-electron chi connectivity index (χ1n) is 3.78. The average Bonchev–Trinajstić information content (AvgIpc) is 2.04. The molecule has 0 saturated heterocycles. The summed E-state index contributed by atoms with van der Waals surface area (Å²) >= 11 is 8.44. The first-order valence-corrected chi connectivity index (χ1v) is 4.98. The second-order valence-electron chi connectivity index (χ2n) is 2.41. The third-order valence-electron chi connectivity index (χ3n) is 1.43. The summed E-state index contributed by atoms with van der Waals surface area (Å²) in [5.41, 5.74) is 1.04. The van der Waals surface area contributed by atoms with E-state index in [1.807, 2.05) is 31.2 Å².